The number of fused-ring (bicyclic) bond motifs is 1. The average Bonchev–Trinajstić information content (AvgIpc) is 2.57. The van der Waals surface area contributed by atoms with Crippen molar-refractivity contribution in [1.82, 2.24) is 9.78 Å². The van der Waals surface area contributed by atoms with Crippen molar-refractivity contribution in [2.45, 2.75) is 13.0 Å². The van der Waals surface area contributed by atoms with Crippen LogP contribution in [0.5, 0.6) is 0 Å². The van der Waals surface area contributed by atoms with E-state index in [1.54, 1.807) is 54.1 Å². The van der Waals surface area contributed by atoms with Crippen molar-refractivity contribution < 1.29 is 4.79 Å². The topological polar surface area (TPSA) is 64.0 Å². The lowest BCUT2D eigenvalue weighted by Gasteiger charge is -2.16. The molecule has 0 unspecified atom stereocenters. The number of halogens is 1. The van der Waals surface area contributed by atoms with Gasteiger partial charge in [0.1, 0.15) is 6.04 Å². The number of para-hydroxylation sites is 1. The minimum atomic E-state index is -0.573. The number of carbonyl (C=O) groups is 1. The summed E-state index contributed by atoms with van der Waals surface area (Å²) in [6.07, 6.45) is 1.23. The van der Waals surface area contributed by atoms with Gasteiger partial charge in [-0.05, 0) is 43.3 Å². The Balaban J connectivity index is 1.92. The molecule has 0 bridgehead atoms. The highest BCUT2D eigenvalue weighted by atomic mass is 35.5. The van der Waals surface area contributed by atoms with Crippen molar-refractivity contribution in [3.63, 3.8) is 0 Å². The van der Waals surface area contributed by atoms with E-state index in [2.05, 4.69) is 10.4 Å². The third-order valence-electron chi connectivity index (χ3n) is 3.57. The first kappa shape index (κ1) is 15.2. The maximum Gasteiger partial charge on any atom is 0.248 e. The molecule has 1 amide bonds. The third kappa shape index (κ3) is 3.10. The number of anilines is 1. The number of aromatic nitrogens is 2. The molecule has 0 aliphatic heterocycles. The van der Waals surface area contributed by atoms with Gasteiger partial charge in [-0.25, -0.2) is 0 Å². The van der Waals surface area contributed by atoms with Gasteiger partial charge in [0, 0.05) is 16.1 Å². The van der Waals surface area contributed by atoms with Crippen molar-refractivity contribution in [2.75, 3.05) is 5.32 Å². The Morgan fingerprint density at radius 3 is 2.61 bits per heavy atom. The summed E-state index contributed by atoms with van der Waals surface area (Å²) in [4.78, 5) is 24.3. The van der Waals surface area contributed by atoms with Crippen molar-refractivity contribution in [2.24, 2.45) is 0 Å². The molecule has 1 aromatic heterocycles. The maximum atomic E-state index is 12.4. The predicted molar refractivity (Wildman–Crippen MR) is 90.8 cm³/mol. The summed E-state index contributed by atoms with van der Waals surface area (Å²) in [5, 5.41) is 8.05. The van der Waals surface area contributed by atoms with Crippen LogP contribution in [0.3, 0.4) is 0 Å². The second-order valence-electron chi connectivity index (χ2n) is 5.14. The molecular formula is C17H14ClN3O2. The molecule has 116 valence electrons. The van der Waals surface area contributed by atoms with Gasteiger partial charge in [0.2, 0.25) is 11.3 Å². The number of nitrogens with one attached hydrogen (secondary N) is 1. The van der Waals surface area contributed by atoms with E-state index in [0.29, 0.717) is 21.6 Å². The van der Waals surface area contributed by atoms with Crippen LogP contribution in [0.15, 0.2) is 59.5 Å². The Labute approximate surface area is 137 Å². The first-order chi connectivity index (χ1) is 11.1. The van der Waals surface area contributed by atoms with Gasteiger partial charge in [0.15, 0.2) is 0 Å². The van der Waals surface area contributed by atoms with E-state index < -0.39 is 6.04 Å². The zero-order valence-corrected chi connectivity index (χ0v) is 13.1. The third-order valence-corrected chi connectivity index (χ3v) is 3.83. The zero-order valence-electron chi connectivity index (χ0n) is 12.4. The van der Waals surface area contributed by atoms with Gasteiger partial charge in [0.25, 0.3) is 0 Å². The molecule has 0 aliphatic carbocycles. The van der Waals surface area contributed by atoms with Crippen LogP contribution in [0, 0.1) is 0 Å². The van der Waals surface area contributed by atoms with Crippen molar-refractivity contribution >= 4 is 34.1 Å². The summed E-state index contributed by atoms with van der Waals surface area (Å²) in [6.45, 7) is 1.73. The number of hydrogen-bond acceptors (Lipinski definition) is 3. The number of amides is 1. The van der Waals surface area contributed by atoms with Gasteiger partial charge < -0.3 is 5.32 Å². The van der Waals surface area contributed by atoms with E-state index in [1.807, 2.05) is 6.07 Å². The summed E-state index contributed by atoms with van der Waals surface area (Å²) in [5.74, 6) is -0.228. The molecule has 2 aromatic carbocycles. The van der Waals surface area contributed by atoms with Crippen molar-refractivity contribution in [3.05, 3.63) is 70.0 Å². The normalized spacial score (nSPS) is 12.1. The van der Waals surface area contributed by atoms with Crippen molar-refractivity contribution in [1.29, 1.82) is 0 Å². The Morgan fingerprint density at radius 2 is 1.87 bits per heavy atom. The first-order valence-electron chi connectivity index (χ1n) is 7.09. The van der Waals surface area contributed by atoms with Crippen LogP contribution < -0.4 is 10.7 Å². The SMILES string of the molecule is C[C@@H](C(=O)Nc1ccc(Cl)cc1)n1ncc(=O)c2ccccc21. The lowest BCUT2D eigenvalue weighted by Crippen LogP contribution is -2.26. The van der Waals surface area contributed by atoms with Gasteiger partial charge in [-0.2, -0.15) is 5.10 Å². The molecule has 5 nitrogen and oxygen atoms in total. The van der Waals surface area contributed by atoms with Crippen LogP contribution in [-0.4, -0.2) is 15.7 Å². The average molecular weight is 328 g/mol. The number of hydrogen-bond donors (Lipinski definition) is 1. The van der Waals surface area contributed by atoms with Crippen LogP contribution in [0.4, 0.5) is 5.69 Å². The second kappa shape index (κ2) is 6.22. The molecule has 0 saturated carbocycles. The second-order valence-corrected chi connectivity index (χ2v) is 5.58. The standard InChI is InChI=1S/C17H14ClN3O2/c1-11(17(23)20-13-8-6-12(18)7-9-13)21-15-5-3-2-4-14(15)16(22)10-19-21/h2-11H,1H3,(H,20,23)/t11-/m0/s1. The summed E-state index contributed by atoms with van der Waals surface area (Å²) in [6, 6.07) is 13.4. The van der Waals surface area contributed by atoms with Crippen molar-refractivity contribution in [3.8, 4) is 0 Å². The maximum absolute atomic E-state index is 12.4. The van der Waals surface area contributed by atoms with Gasteiger partial charge in [-0.3, -0.25) is 14.3 Å². The molecule has 6 heteroatoms. The lowest BCUT2D eigenvalue weighted by molar-refractivity contribution is -0.119. The van der Waals surface area contributed by atoms with Crippen LogP contribution in [-0.2, 0) is 4.79 Å². The number of rotatable bonds is 3. The first-order valence-corrected chi connectivity index (χ1v) is 7.47. The largest absolute Gasteiger partial charge is 0.324 e. The van der Waals surface area contributed by atoms with E-state index in [1.165, 1.54) is 6.20 Å². The van der Waals surface area contributed by atoms with Crippen LogP contribution in [0.25, 0.3) is 10.9 Å². The molecule has 3 rings (SSSR count). The molecule has 0 fully saturated rings. The van der Waals surface area contributed by atoms with Gasteiger partial charge in [0.05, 0.1) is 11.7 Å². The summed E-state index contributed by atoms with van der Waals surface area (Å²) in [7, 11) is 0. The molecule has 3 aromatic rings. The van der Waals surface area contributed by atoms with Gasteiger partial charge >= 0.3 is 0 Å². The molecule has 0 aliphatic rings. The van der Waals surface area contributed by atoms with Crippen LogP contribution in [0.2, 0.25) is 5.02 Å². The van der Waals surface area contributed by atoms with Crippen LogP contribution >= 0.6 is 11.6 Å². The highest BCUT2D eigenvalue weighted by Crippen LogP contribution is 2.17. The molecule has 0 spiro atoms. The lowest BCUT2D eigenvalue weighted by atomic mass is 10.2. The fourth-order valence-corrected chi connectivity index (χ4v) is 2.45. The molecule has 1 atom stereocenters. The number of nitrogens with zero attached hydrogens (tertiary/aromatic N) is 2. The molecule has 0 saturated heterocycles. The molecule has 1 N–H and O–H groups in total. The smallest absolute Gasteiger partial charge is 0.248 e. The zero-order chi connectivity index (χ0) is 16.4. The Kier molecular flexibility index (Phi) is 4.12. The Bertz CT molecular complexity index is 919. The molecular weight excluding hydrogens is 314 g/mol. The molecule has 1 heterocycles. The summed E-state index contributed by atoms with van der Waals surface area (Å²) in [5.41, 5.74) is 1.11. The molecule has 23 heavy (non-hydrogen) atoms. The Hall–Kier alpha value is -2.66. The minimum Gasteiger partial charge on any atom is -0.324 e. The monoisotopic (exact) mass is 327 g/mol. The fraction of sp³-hybridized carbons (Fsp3) is 0.118. The minimum absolute atomic E-state index is 0.165. The summed E-state index contributed by atoms with van der Waals surface area (Å²) >= 11 is 5.83. The van der Waals surface area contributed by atoms with E-state index >= 15 is 0 Å². The van der Waals surface area contributed by atoms with E-state index in [9.17, 15) is 9.59 Å². The van der Waals surface area contributed by atoms with E-state index in [0.717, 1.165) is 0 Å². The Morgan fingerprint density at radius 1 is 1.17 bits per heavy atom. The predicted octanol–water partition coefficient (Wildman–Crippen LogP) is 3.25. The van der Waals surface area contributed by atoms with Crippen LogP contribution in [0.1, 0.15) is 13.0 Å². The quantitative estimate of drug-likeness (QED) is 0.803. The van der Waals surface area contributed by atoms with E-state index in [4.69, 9.17) is 11.6 Å². The molecule has 0 radical (unpaired) electrons. The van der Waals surface area contributed by atoms with Gasteiger partial charge in [-0.15, -0.1) is 0 Å². The van der Waals surface area contributed by atoms with E-state index in [-0.39, 0.29) is 11.3 Å². The fourth-order valence-electron chi connectivity index (χ4n) is 2.33. The van der Waals surface area contributed by atoms with Gasteiger partial charge in [-0.1, -0.05) is 23.7 Å². The number of benzene rings is 2. The highest BCUT2D eigenvalue weighted by molar-refractivity contribution is 6.30. The summed E-state index contributed by atoms with van der Waals surface area (Å²) < 4.78 is 1.54. The highest BCUT2D eigenvalue weighted by Gasteiger charge is 2.17. The number of carbonyl (C=O) groups excluding carboxylic acids is 1.